The molecule has 5 nitrogen and oxygen atoms in total. The number of benzene rings is 1. The zero-order valence-corrected chi connectivity index (χ0v) is 12.2. The lowest BCUT2D eigenvalue weighted by molar-refractivity contribution is 0.0717. The Bertz CT molecular complexity index is 616. The van der Waals surface area contributed by atoms with Gasteiger partial charge in [0.1, 0.15) is 5.69 Å². The maximum absolute atomic E-state index is 12.3. The first-order chi connectivity index (χ1) is 10.0. The molecular formula is C16H20N2O3. The lowest BCUT2D eigenvalue weighted by atomic mass is 10.1. The van der Waals surface area contributed by atoms with Crippen LogP contribution in [0.2, 0.25) is 0 Å². The van der Waals surface area contributed by atoms with E-state index in [0.29, 0.717) is 5.69 Å². The van der Waals surface area contributed by atoms with Gasteiger partial charge in [-0.1, -0.05) is 30.3 Å². The molecule has 112 valence electrons. The van der Waals surface area contributed by atoms with E-state index in [1.807, 2.05) is 43.4 Å². The van der Waals surface area contributed by atoms with Crippen LogP contribution in [0.5, 0.6) is 0 Å². The molecule has 0 aliphatic heterocycles. The molecule has 5 heteroatoms. The first-order valence-corrected chi connectivity index (χ1v) is 6.76. The lowest BCUT2D eigenvalue weighted by Crippen LogP contribution is -2.52. The second-order valence-electron chi connectivity index (χ2n) is 5.36. The molecule has 0 radical (unpaired) electrons. The summed E-state index contributed by atoms with van der Waals surface area (Å²) in [5, 5.41) is 21.2. The minimum atomic E-state index is -1.03. The van der Waals surface area contributed by atoms with Crippen LogP contribution < -0.4 is 5.32 Å². The van der Waals surface area contributed by atoms with Crippen molar-refractivity contribution in [1.82, 2.24) is 9.88 Å². The SMILES string of the molecule is Cn1c(C(=O)NC(C)(CO)CO)ccc1-c1ccccc1. The summed E-state index contributed by atoms with van der Waals surface area (Å²) >= 11 is 0. The van der Waals surface area contributed by atoms with Gasteiger partial charge in [0.05, 0.1) is 18.8 Å². The van der Waals surface area contributed by atoms with Crippen LogP contribution in [0.4, 0.5) is 0 Å². The van der Waals surface area contributed by atoms with E-state index in [4.69, 9.17) is 0 Å². The highest BCUT2D eigenvalue weighted by molar-refractivity contribution is 5.94. The fourth-order valence-electron chi connectivity index (χ4n) is 2.11. The molecule has 2 aromatic rings. The highest BCUT2D eigenvalue weighted by atomic mass is 16.3. The van der Waals surface area contributed by atoms with Crippen molar-refractivity contribution in [2.24, 2.45) is 7.05 Å². The number of nitrogens with zero attached hydrogens (tertiary/aromatic N) is 1. The highest BCUT2D eigenvalue weighted by Crippen LogP contribution is 2.21. The quantitative estimate of drug-likeness (QED) is 0.773. The van der Waals surface area contributed by atoms with E-state index in [1.165, 1.54) is 0 Å². The number of rotatable bonds is 5. The van der Waals surface area contributed by atoms with E-state index >= 15 is 0 Å². The number of carbonyl (C=O) groups excluding carboxylic acids is 1. The van der Waals surface area contributed by atoms with Gasteiger partial charge >= 0.3 is 0 Å². The summed E-state index contributed by atoms with van der Waals surface area (Å²) < 4.78 is 1.79. The summed E-state index contributed by atoms with van der Waals surface area (Å²) in [5.74, 6) is -0.328. The summed E-state index contributed by atoms with van der Waals surface area (Å²) in [7, 11) is 1.81. The minimum absolute atomic E-state index is 0.328. The Labute approximate surface area is 123 Å². The molecule has 1 aromatic heterocycles. The summed E-state index contributed by atoms with van der Waals surface area (Å²) in [6.45, 7) is 0.933. The second-order valence-corrected chi connectivity index (χ2v) is 5.36. The van der Waals surface area contributed by atoms with E-state index in [2.05, 4.69) is 5.32 Å². The van der Waals surface area contributed by atoms with Crippen LogP contribution in [0, 0.1) is 0 Å². The topological polar surface area (TPSA) is 74.5 Å². The molecule has 0 unspecified atom stereocenters. The van der Waals surface area contributed by atoms with Crippen LogP contribution in [0.25, 0.3) is 11.3 Å². The molecule has 0 aliphatic rings. The fraction of sp³-hybridized carbons (Fsp3) is 0.312. The van der Waals surface area contributed by atoms with Crippen molar-refractivity contribution < 1.29 is 15.0 Å². The molecule has 21 heavy (non-hydrogen) atoms. The van der Waals surface area contributed by atoms with Crippen LogP contribution in [0.15, 0.2) is 42.5 Å². The third-order valence-electron chi connectivity index (χ3n) is 3.54. The molecule has 0 saturated heterocycles. The minimum Gasteiger partial charge on any atom is -0.394 e. The number of aromatic nitrogens is 1. The Morgan fingerprint density at radius 2 is 1.76 bits per heavy atom. The van der Waals surface area contributed by atoms with Crippen LogP contribution >= 0.6 is 0 Å². The van der Waals surface area contributed by atoms with Crippen molar-refractivity contribution in [1.29, 1.82) is 0 Å². The molecule has 2 rings (SSSR count). The number of aliphatic hydroxyl groups is 2. The summed E-state index contributed by atoms with van der Waals surface area (Å²) in [4.78, 5) is 12.3. The van der Waals surface area contributed by atoms with Gasteiger partial charge in [-0.25, -0.2) is 0 Å². The number of hydrogen-bond acceptors (Lipinski definition) is 3. The maximum Gasteiger partial charge on any atom is 0.268 e. The van der Waals surface area contributed by atoms with Crippen LogP contribution in [-0.2, 0) is 7.05 Å². The van der Waals surface area contributed by atoms with Gasteiger partial charge in [0.25, 0.3) is 5.91 Å². The van der Waals surface area contributed by atoms with Crippen molar-refractivity contribution in [2.75, 3.05) is 13.2 Å². The van der Waals surface area contributed by atoms with Gasteiger partial charge in [0, 0.05) is 12.7 Å². The third kappa shape index (κ3) is 3.15. The molecule has 0 atom stereocenters. The van der Waals surface area contributed by atoms with Crippen LogP contribution in [-0.4, -0.2) is 39.4 Å². The number of aliphatic hydroxyl groups excluding tert-OH is 2. The molecule has 0 fully saturated rings. The van der Waals surface area contributed by atoms with Gasteiger partial charge in [-0.15, -0.1) is 0 Å². The first kappa shape index (κ1) is 15.3. The second kappa shape index (κ2) is 6.11. The predicted octanol–water partition coefficient (Wildman–Crippen LogP) is 1.17. The van der Waals surface area contributed by atoms with Crippen molar-refractivity contribution in [3.05, 3.63) is 48.2 Å². The smallest absolute Gasteiger partial charge is 0.268 e. The molecule has 1 amide bonds. The molecule has 1 aromatic carbocycles. The van der Waals surface area contributed by atoms with Gasteiger partial charge in [-0.2, -0.15) is 0 Å². The molecule has 1 heterocycles. The first-order valence-electron chi connectivity index (χ1n) is 6.76. The van der Waals surface area contributed by atoms with Crippen LogP contribution in [0.3, 0.4) is 0 Å². The van der Waals surface area contributed by atoms with E-state index in [-0.39, 0.29) is 19.1 Å². The van der Waals surface area contributed by atoms with Crippen molar-refractivity contribution in [3.8, 4) is 11.3 Å². The zero-order valence-electron chi connectivity index (χ0n) is 12.2. The third-order valence-corrected chi connectivity index (χ3v) is 3.54. The summed E-state index contributed by atoms with van der Waals surface area (Å²) in [6, 6.07) is 13.4. The fourth-order valence-corrected chi connectivity index (χ4v) is 2.11. The summed E-state index contributed by atoms with van der Waals surface area (Å²) in [5.41, 5.74) is 1.39. The zero-order chi connectivity index (χ0) is 15.5. The van der Waals surface area contributed by atoms with E-state index in [9.17, 15) is 15.0 Å². The molecular weight excluding hydrogens is 268 g/mol. The van der Waals surface area contributed by atoms with Gasteiger partial charge in [0.15, 0.2) is 0 Å². The van der Waals surface area contributed by atoms with Crippen molar-refractivity contribution in [2.45, 2.75) is 12.5 Å². The van der Waals surface area contributed by atoms with Gasteiger partial charge < -0.3 is 20.1 Å². The monoisotopic (exact) mass is 288 g/mol. The molecule has 0 saturated carbocycles. The normalized spacial score (nSPS) is 11.4. The lowest BCUT2D eigenvalue weighted by Gasteiger charge is -2.26. The Balaban J connectivity index is 2.27. The highest BCUT2D eigenvalue weighted by Gasteiger charge is 2.26. The number of amides is 1. The summed E-state index contributed by atoms with van der Waals surface area (Å²) in [6.07, 6.45) is 0. The van der Waals surface area contributed by atoms with Gasteiger partial charge in [0.2, 0.25) is 0 Å². The average Bonchev–Trinajstić information content (AvgIpc) is 2.89. The van der Waals surface area contributed by atoms with E-state index in [1.54, 1.807) is 17.6 Å². The Morgan fingerprint density at radius 1 is 1.14 bits per heavy atom. The number of hydrogen-bond donors (Lipinski definition) is 3. The molecule has 0 bridgehead atoms. The molecule has 3 N–H and O–H groups in total. The largest absolute Gasteiger partial charge is 0.394 e. The van der Waals surface area contributed by atoms with Crippen molar-refractivity contribution >= 4 is 5.91 Å². The number of carbonyl (C=O) groups is 1. The standard InChI is InChI=1S/C16H20N2O3/c1-16(10-19,11-20)17-15(21)14-9-8-13(18(14)2)12-6-4-3-5-7-12/h3-9,19-20H,10-11H2,1-2H3,(H,17,21). The number of nitrogens with one attached hydrogen (secondary N) is 1. The van der Waals surface area contributed by atoms with Gasteiger partial charge in [-0.05, 0) is 24.6 Å². The van der Waals surface area contributed by atoms with Crippen molar-refractivity contribution in [3.63, 3.8) is 0 Å². The Morgan fingerprint density at radius 3 is 2.33 bits per heavy atom. The average molecular weight is 288 g/mol. The molecule has 0 spiro atoms. The maximum atomic E-state index is 12.3. The van der Waals surface area contributed by atoms with Gasteiger partial charge in [-0.3, -0.25) is 4.79 Å². The van der Waals surface area contributed by atoms with Crippen LogP contribution in [0.1, 0.15) is 17.4 Å². The Kier molecular flexibility index (Phi) is 4.45. The molecule has 0 aliphatic carbocycles. The van der Waals surface area contributed by atoms with E-state index in [0.717, 1.165) is 11.3 Å². The van der Waals surface area contributed by atoms with E-state index < -0.39 is 5.54 Å². The Hall–Kier alpha value is -2.11. The predicted molar refractivity (Wildman–Crippen MR) is 80.9 cm³/mol.